The Kier molecular flexibility index (Phi) is 20.3. The minimum absolute atomic E-state index is 0. The van der Waals surface area contributed by atoms with E-state index in [1.165, 1.54) is 5.40 Å². The van der Waals surface area contributed by atoms with E-state index in [0.29, 0.717) is 21.2 Å². The number of alkyl halides is 1. The number of carbonyl (C=O) groups is 2. The number of benzene rings is 2. The van der Waals surface area contributed by atoms with Crippen LogP contribution >= 0.6 is 50.9 Å². The van der Waals surface area contributed by atoms with E-state index in [9.17, 15) is 9.59 Å². The summed E-state index contributed by atoms with van der Waals surface area (Å²) in [7, 11) is 0. The van der Waals surface area contributed by atoms with E-state index in [1.807, 2.05) is 53.0 Å². The Bertz CT molecular complexity index is 1100. The maximum absolute atomic E-state index is 12.2. The summed E-state index contributed by atoms with van der Waals surface area (Å²) in [4.78, 5) is 24.1. The van der Waals surface area contributed by atoms with Gasteiger partial charge in [0.05, 0.1) is 10.1 Å². The number of halogens is 3. The third kappa shape index (κ3) is 12.8. The standard InChI is InChI=1S/C13H14ClNOS.C12H14BrClO.CHNS.Na/c1-8(2)13(17-7-15)12(16)10-4-5-11(14)9(3)6-10;1-7(2)11(13)12(15)9-4-5-10(14)8(3)6-9;2-1-3;/h4-6,8,13H,1-3H3;4-7,11H,1-3H3;3H;/q;;;+1/p-1. The fraction of sp³-hybridized carbons (Fsp3) is 0.385. The molecule has 4 nitrogen and oxygen atoms in total. The van der Waals surface area contributed by atoms with Crippen LogP contribution < -0.4 is 29.6 Å². The van der Waals surface area contributed by atoms with Gasteiger partial charge in [-0.05, 0) is 85.0 Å². The number of nitrogens with zero attached hydrogens (tertiary/aromatic N) is 2. The van der Waals surface area contributed by atoms with Crippen molar-refractivity contribution in [2.45, 2.75) is 51.6 Å². The van der Waals surface area contributed by atoms with Gasteiger partial charge in [-0.1, -0.05) is 72.2 Å². The molecular formula is C26H28BrCl2N2NaO2S2. The molecule has 0 N–H and O–H groups in total. The Balaban J connectivity index is 0. The summed E-state index contributed by atoms with van der Waals surface area (Å²) in [6, 6.07) is 10.6. The summed E-state index contributed by atoms with van der Waals surface area (Å²) in [5, 5.41) is 20.2. The van der Waals surface area contributed by atoms with Crippen LogP contribution in [0.15, 0.2) is 36.4 Å². The molecule has 0 saturated heterocycles. The molecule has 0 aromatic heterocycles. The molecule has 0 heterocycles. The van der Waals surface area contributed by atoms with E-state index in [1.54, 1.807) is 30.3 Å². The zero-order valence-corrected chi connectivity index (χ0v) is 28.2. The topological polar surface area (TPSA) is 81.7 Å². The molecule has 0 saturated carbocycles. The van der Waals surface area contributed by atoms with Crippen LogP contribution in [0.3, 0.4) is 0 Å². The molecule has 0 fully saturated rings. The first-order valence-electron chi connectivity index (χ1n) is 10.6. The van der Waals surface area contributed by atoms with Gasteiger partial charge < -0.3 is 12.6 Å². The van der Waals surface area contributed by atoms with Gasteiger partial charge in [0.15, 0.2) is 11.6 Å². The third-order valence-corrected chi connectivity index (χ3v) is 8.20. The predicted octanol–water partition coefficient (Wildman–Crippen LogP) is 5.34. The number of hydrogen-bond donors (Lipinski definition) is 0. The largest absolute Gasteiger partial charge is 1.00 e. The summed E-state index contributed by atoms with van der Waals surface area (Å²) >= 11 is 19.9. The number of hydrogen-bond acceptors (Lipinski definition) is 6. The number of nitriles is 2. The molecule has 2 unspecified atom stereocenters. The van der Waals surface area contributed by atoms with Gasteiger partial charge in [-0.2, -0.15) is 5.26 Å². The summed E-state index contributed by atoms with van der Waals surface area (Å²) in [6.45, 7) is 11.7. The van der Waals surface area contributed by atoms with Crippen molar-refractivity contribution >= 4 is 75.1 Å². The molecule has 188 valence electrons. The van der Waals surface area contributed by atoms with E-state index in [2.05, 4.69) is 28.6 Å². The molecule has 0 bridgehead atoms. The molecule has 0 aliphatic carbocycles. The number of thioether (sulfide) groups is 1. The smallest absolute Gasteiger partial charge is 0.696 e. The van der Waals surface area contributed by atoms with Crippen molar-refractivity contribution in [3.05, 3.63) is 68.7 Å². The summed E-state index contributed by atoms with van der Waals surface area (Å²) < 4.78 is 0. The van der Waals surface area contributed by atoms with E-state index < -0.39 is 0 Å². The minimum atomic E-state index is -0.319. The van der Waals surface area contributed by atoms with Crippen LogP contribution in [0.5, 0.6) is 0 Å². The molecule has 0 aliphatic rings. The van der Waals surface area contributed by atoms with Gasteiger partial charge in [-0.3, -0.25) is 9.59 Å². The number of Topliss-reactive ketones (excluding diaryl/α,β-unsaturated/α-hetero) is 2. The molecular weight excluding hydrogens is 610 g/mol. The van der Waals surface area contributed by atoms with Crippen molar-refractivity contribution in [2.24, 2.45) is 11.8 Å². The van der Waals surface area contributed by atoms with Crippen molar-refractivity contribution < 1.29 is 39.1 Å². The molecule has 2 aromatic rings. The zero-order valence-electron chi connectivity index (χ0n) is 21.4. The van der Waals surface area contributed by atoms with Crippen molar-refractivity contribution in [2.75, 3.05) is 0 Å². The van der Waals surface area contributed by atoms with Crippen LogP contribution in [0.2, 0.25) is 10.0 Å². The summed E-state index contributed by atoms with van der Waals surface area (Å²) in [6.07, 6.45) is 0. The van der Waals surface area contributed by atoms with Crippen LogP contribution in [-0.2, 0) is 12.6 Å². The Morgan fingerprint density at radius 2 is 1.28 bits per heavy atom. The summed E-state index contributed by atoms with van der Waals surface area (Å²) in [5.41, 5.74) is 3.15. The number of aryl methyl sites for hydroxylation is 2. The fourth-order valence-electron chi connectivity index (χ4n) is 2.77. The van der Waals surface area contributed by atoms with Crippen molar-refractivity contribution in [3.63, 3.8) is 0 Å². The van der Waals surface area contributed by atoms with E-state index in [-0.39, 0.29) is 63.0 Å². The molecule has 36 heavy (non-hydrogen) atoms. The first-order valence-corrected chi connectivity index (χ1v) is 13.6. The molecule has 2 rings (SSSR count). The fourth-order valence-corrected chi connectivity index (χ4v) is 3.90. The van der Waals surface area contributed by atoms with Gasteiger partial charge >= 0.3 is 29.6 Å². The quantitative estimate of drug-likeness (QED) is 0.134. The second-order valence-corrected chi connectivity index (χ2v) is 11.2. The molecule has 0 spiro atoms. The van der Waals surface area contributed by atoms with Gasteiger partial charge in [0.25, 0.3) is 0 Å². The first kappa shape index (κ1) is 37.5. The van der Waals surface area contributed by atoms with Crippen LogP contribution in [0, 0.1) is 47.0 Å². The first-order chi connectivity index (χ1) is 16.3. The number of rotatable bonds is 7. The van der Waals surface area contributed by atoms with Gasteiger partial charge in [0, 0.05) is 21.2 Å². The Labute approximate surface area is 265 Å². The molecule has 0 amide bonds. The van der Waals surface area contributed by atoms with Crippen LogP contribution in [0.25, 0.3) is 0 Å². The van der Waals surface area contributed by atoms with Gasteiger partial charge in [0.1, 0.15) is 5.40 Å². The molecule has 2 atom stereocenters. The number of thiocyanates is 2. The maximum Gasteiger partial charge on any atom is 1.00 e. The normalized spacial score (nSPS) is 11.4. The van der Waals surface area contributed by atoms with Gasteiger partial charge in [-0.15, -0.1) is 0 Å². The van der Waals surface area contributed by atoms with Gasteiger partial charge in [0.2, 0.25) is 0 Å². The third-order valence-electron chi connectivity index (χ3n) is 4.76. The van der Waals surface area contributed by atoms with Crippen LogP contribution in [0.1, 0.15) is 59.5 Å². The molecule has 10 heteroatoms. The van der Waals surface area contributed by atoms with Crippen molar-refractivity contribution in [3.8, 4) is 10.8 Å². The number of ketones is 2. The average molecular weight is 638 g/mol. The Hall–Kier alpha value is -0.610. The molecule has 0 aliphatic heterocycles. The predicted molar refractivity (Wildman–Crippen MR) is 153 cm³/mol. The monoisotopic (exact) mass is 636 g/mol. The van der Waals surface area contributed by atoms with Crippen LogP contribution in [-0.4, -0.2) is 21.6 Å². The molecule has 0 radical (unpaired) electrons. The second-order valence-electron chi connectivity index (χ2n) is 8.27. The van der Waals surface area contributed by atoms with Crippen molar-refractivity contribution in [1.29, 1.82) is 10.5 Å². The Morgan fingerprint density at radius 1 is 0.889 bits per heavy atom. The maximum atomic E-state index is 12.2. The summed E-state index contributed by atoms with van der Waals surface area (Å²) in [5.74, 6) is 0.521. The van der Waals surface area contributed by atoms with Crippen molar-refractivity contribution in [1.82, 2.24) is 0 Å². The number of carbonyl (C=O) groups excluding carboxylic acids is 2. The second kappa shape index (κ2) is 19.5. The zero-order chi connectivity index (χ0) is 27.3. The van der Waals surface area contributed by atoms with E-state index >= 15 is 0 Å². The van der Waals surface area contributed by atoms with E-state index in [0.717, 1.165) is 22.9 Å². The van der Waals surface area contributed by atoms with E-state index in [4.69, 9.17) is 33.7 Å². The minimum Gasteiger partial charge on any atom is -0.696 e. The SMILES string of the molecule is Cc1cc(C(=O)C(Br)C(C)C)ccc1Cl.Cc1cc(C(=O)C(SC#N)C(C)C)ccc1Cl.N#C[S-].[Na+]. The van der Waals surface area contributed by atoms with Crippen LogP contribution in [0.4, 0.5) is 0 Å². The average Bonchev–Trinajstić information content (AvgIpc) is 2.80. The van der Waals surface area contributed by atoms with Gasteiger partial charge in [-0.25, -0.2) is 5.26 Å². The molecule has 2 aromatic carbocycles. The Morgan fingerprint density at radius 3 is 1.58 bits per heavy atom.